The Morgan fingerprint density at radius 3 is 2.79 bits per heavy atom. The number of hydrogen-bond acceptors (Lipinski definition) is 4. The molecule has 0 radical (unpaired) electrons. The number of oxazole rings is 1. The first kappa shape index (κ1) is 23.1. The Balaban J connectivity index is 1.26. The van der Waals surface area contributed by atoms with Gasteiger partial charge in [-0.1, -0.05) is 48.0 Å². The molecule has 1 atom stereocenters. The quantitative estimate of drug-likeness (QED) is 0.381. The Labute approximate surface area is 196 Å². The Kier molecular flexibility index (Phi) is 8.14. The van der Waals surface area contributed by atoms with E-state index < -0.39 is 0 Å². The van der Waals surface area contributed by atoms with Crippen molar-refractivity contribution in [1.82, 2.24) is 15.2 Å². The fourth-order valence-corrected chi connectivity index (χ4v) is 4.03. The maximum Gasteiger partial charge on any atom is 0.226 e. The van der Waals surface area contributed by atoms with Crippen molar-refractivity contribution in [2.24, 2.45) is 10.9 Å². The zero-order valence-corrected chi connectivity index (χ0v) is 19.7. The largest absolute Gasteiger partial charge is 0.444 e. The zero-order valence-electron chi connectivity index (χ0n) is 19.7. The van der Waals surface area contributed by atoms with Gasteiger partial charge in [0.2, 0.25) is 5.89 Å². The highest BCUT2D eigenvalue weighted by Crippen LogP contribution is 2.20. The number of guanidine groups is 1. The van der Waals surface area contributed by atoms with E-state index in [1.54, 1.807) is 6.26 Å². The minimum Gasteiger partial charge on any atom is -0.444 e. The van der Waals surface area contributed by atoms with Gasteiger partial charge in [0.25, 0.3) is 0 Å². The van der Waals surface area contributed by atoms with Crippen LogP contribution in [0.25, 0.3) is 11.5 Å². The number of aliphatic imine (C=N–C) groups is 1. The number of benzene rings is 2. The van der Waals surface area contributed by atoms with Crippen LogP contribution < -0.4 is 5.32 Å². The molecule has 33 heavy (non-hydrogen) atoms. The van der Waals surface area contributed by atoms with Crippen LogP contribution >= 0.6 is 0 Å². The molecule has 0 amide bonds. The molecule has 0 spiro atoms. The third-order valence-corrected chi connectivity index (χ3v) is 5.87. The third kappa shape index (κ3) is 6.68. The van der Waals surface area contributed by atoms with Gasteiger partial charge in [-0.25, -0.2) is 4.98 Å². The fourth-order valence-electron chi connectivity index (χ4n) is 4.03. The highest BCUT2D eigenvalue weighted by atomic mass is 16.5. The number of hydrogen-bond donors (Lipinski definition) is 1. The molecule has 2 heterocycles. The van der Waals surface area contributed by atoms with Crippen molar-refractivity contribution in [3.05, 3.63) is 77.7 Å². The lowest BCUT2D eigenvalue weighted by Gasteiger charge is -2.21. The van der Waals surface area contributed by atoms with Gasteiger partial charge in [-0.3, -0.25) is 4.99 Å². The summed E-state index contributed by atoms with van der Waals surface area (Å²) in [5.74, 6) is 2.18. The summed E-state index contributed by atoms with van der Waals surface area (Å²) in [5.41, 5.74) is 4.38. The van der Waals surface area contributed by atoms with Crippen molar-refractivity contribution in [3.8, 4) is 11.5 Å². The Hall–Kier alpha value is -3.12. The molecule has 1 aliphatic rings. The molecule has 1 aromatic heterocycles. The van der Waals surface area contributed by atoms with E-state index in [2.05, 4.69) is 65.4 Å². The van der Waals surface area contributed by atoms with Crippen LogP contribution in [0.4, 0.5) is 0 Å². The monoisotopic (exact) mass is 446 g/mol. The van der Waals surface area contributed by atoms with E-state index in [1.165, 1.54) is 11.1 Å². The fraction of sp³-hybridized carbons (Fsp3) is 0.407. The summed E-state index contributed by atoms with van der Waals surface area (Å²) >= 11 is 0. The van der Waals surface area contributed by atoms with Crippen LogP contribution in [0.1, 0.15) is 30.2 Å². The molecule has 4 rings (SSSR count). The Bertz CT molecular complexity index is 1010. The lowest BCUT2D eigenvalue weighted by molar-refractivity contribution is 0.0907. The van der Waals surface area contributed by atoms with Crippen molar-refractivity contribution in [2.45, 2.75) is 33.3 Å². The first-order valence-electron chi connectivity index (χ1n) is 11.9. The van der Waals surface area contributed by atoms with E-state index in [0.29, 0.717) is 25.0 Å². The van der Waals surface area contributed by atoms with Crippen LogP contribution in [-0.2, 0) is 17.8 Å². The molecule has 2 aromatic carbocycles. The standard InChI is InChI=1S/C27H34N4O2/c1-3-28-27(31-16-14-23(17-31)19-32-18-22-7-5-4-6-8-22)29-15-13-25-20-33-26(30-25)24-11-9-21(2)10-12-24/h4-12,20,23H,3,13-19H2,1-2H3,(H,28,29). The second kappa shape index (κ2) is 11.7. The Morgan fingerprint density at radius 2 is 2.00 bits per heavy atom. The molecule has 3 aromatic rings. The van der Waals surface area contributed by atoms with E-state index in [9.17, 15) is 0 Å². The molecule has 0 saturated carbocycles. The molecule has 1 unspecified atom stereocenters. The van der Waals surface area contributed by atoms with E-state index in [1.807, 2.05) is 18.2 Å². The number of aromatic nitrogens is 1. The van der Waals surface area contributed by atoms with E-state index in [0.717, 1.165) is 56.3 Å². The van der Waals surface area contributed by atoms with Gasteiger partial charge in [-0.2, -0.15) is 0 Å². The summed E-state index contributed by atoms with van der Waals surface area (Å²) in [6, 6.07) is 18.6. The van der Waals surface area contributed by atoms with Crippen LogP contribution in [0.15, 0.2) is 70.3 Å². The van der Waals surface area contributed by atoms with Crippen LogP contribution in [0.3, 0.4) is 0 Å². The molecule has 0 aliphatic carbocycles. The molecule has 0 bridgehead atoms. The number of likely N-dealkylation sites (tertiary alicyclic amines) is 1. The van der Waals surface area contributed by atoms with E-state index >= 15 is 0 Å². The van der Waals surface area contributed by atoms with Gasteiger partial charge in [-0.15, -0.1) is 0 Å². The minimum absolute atomic E-state index is 0.533. The average molecular weight is 447 g/mol. The van der Waals surface area contributed by atoms with Crippen LogP contribution in [-0.4, -0.2) is 48.6 Å². The van der Waals surface area contributed by atoms with Crippen LogP contribution in [0, 0.1) is 12.8 Å². The predicted octanol–water partition coefficient (Wildman–Crippen LogP) is 4.70. The van der Waals surface area contributed by atoms with Gasteiger partial charge < -0.3 is 19.4 Å². The van der Waals surface area contributed by atoms with Gasteiger partial charge in [-0.05, 0) is 38.0 Å². The molecule has 6 nitrogen and oxygen atoms in total. The van der Waals surface area contributed by atoms with Crippen molar-refractivity contribution in [1.29, 1.82) is 0 Å². The van der Waals surface area contributed by atoms with Gasteiger partial charge in [0.15, 0.2) is 5.96 Å². The van der Waals surface area contributed by atoms with E-state index in [-0.39, 0.29) is 0 Å². The second-order valence-corrected chi connectivity index (χ2v) is 8.60. The van der Waals surface area contributed by atoms with Crippen LogP contribution in [0.5, 0.6) is 0 Å². The third-order valence-electron chi connectivity index (χ3n) is 5.87. The maximum absolute atomic E-state index is 5.97. The predicted molar refractivity (Wildman–Crippen MR) is 132 cm³/mol. The van der Waals surface area contributed by atoms with Gasteiger partial charge in [0.1, 0.15) is 6.26 Å². The topological polar surface area (TPSA) is 62.9 Å². The van der Waals surface area contributed by atoms with Gasteiger partial charge in [0.05, 0.1) is 18.9 Å². The normalized spacial score (nSPS) is 16.4. The second-order valence-electron chi connectivity index (χ2n) is 8.60. The van der Waals surface area contributed by atoms with Crippen molar-refractivity contribution in [2.75, 3.05) is 32.8 Å². The summed E-state index contributed by atoms with van der Waals surface area (Å²) in [5, 5.41) is 3.44. The van der Waals surface area contributed by atoms with E-state index in [4.69, 9.17) is 14.1 Å². The molecular weight excluding hydrogens is 412 g/mol. The SMILES string of the molecule is CCNC(=NCCc1coc(-c2ccc(C)cc2)n1)N1CCC(COCc2ccccc2)C1. The first-order valence-corrected chi connectivity index (χ1v) is 11.9. The molecule has 1 saturated heterocycles. The van der Waals surface area contributed by atoms with Crippen molar-refractivity contribution in [3.63, 3.8) is 0 Å². The highest BCUT2D eigenvalue weighted by Gasteiger charge is 2.25. The summed E-state index contributed by atoms with van der Waals surface area (Å²) < 4.78 is 11.6. The van der Waals surface area contributed by atoms with Crippen LogP contribution in [0.2, 0.25) is 0 Å². The lowest BCUT2D eigenvalue weighted by Crippen LogP contribution is -2.40. The van der Waals surface area contributed by atoms with Crippen molar-refractivity contribution < 1.29 is 9.15 Å². The summed E-state index contributed by atoms with van der Waals surface area (Å²) in [6.07, 6.45) is 3.62. The highest BCUT2D eigenvalue weighted by molar-refractivity contribution is 5.80. The number of aryl methyl sites for hydroxylation is 1. The lowest BCUT2D eigenvalue weighted by atomic mass is 10.1. The minimum atomic E-state index is 0.533. The summed E-state index contributed by atoms with van der Waals surface area (Å²) in [6.45, 7) is 9.15. The van der Waals surface area contributed by atoms with Gasteiger partial charge >= 0.3 is 0 Å². The summed E-state index contributed by atoms with van der Waals surface area (Å²) in [4.78, 5) is 11.8. The molecular formula is C27H34N4O2. The Morgan fingerprint density at radius 1 is 1.18 bits per heavy atom. The zero-order chi connectivity index (χ0) is 22.9. The number of nitrogens with zero attached hydrogens (tertiary/aromatic N) is 3. The molecule has 1 N–H and O–H groups in total. The number of rotatable bonds is 9. The number of nitrogens with one attached hydrogen (secondary N) is 1. The first-order chi connectivity index (χ1) is 16.2. The average Bonchev–Trinajstić information content (AvgIpc) is 3.50. The smallest absolute Gasteiger partial charge is 0.226 e. The van der Waals surface area contributed by atoms with Crippen molar-refractivity contribution >= 4 is 5.96 Å². The molecule has 6 heteroatoms. The summed E-state index contributed by atoms with van der Waals surface area (Å²) in [7, 11) is 0. The molecule has 174 valence electrons. The maximum atomic E-state index is 5.97. The molecule has 1 fully saturated rings. The van der Waals surface area contributed by atoms with Gasteiger partial charge in [0, 0.05) is 44.1 Å². The number of ether oxygens (including phenoxy) is 1. The molecule has 1 aliphatic heterocycles.